The molecule has 0 bridgehead atoms. The second-order valence-electron chi connectivity index (χ2n) is 3.44. The van der Waals surface area contributed by atoms with Gasteiger partial charge in [0, 0.05) is 6.54 Å². The Bertz CT molecular complexity index is 207. The van der Waals surface area contributed by atoms with Crippen molar-refractivity contribution >= 4 is 11.9 Å². The summed E-state index contributed by atoms with van der Waals surface area (Å²) in [5.74, 6) is 0.687. The number of hydrogen-bond donors (Lipinski definition) is 1. The van der Waals surface area contributed by atoms with Gasteiger partial charge >= 0.3 is 6.03 Å². The Morgan fingerprint density at radius 3 is 2.67 bits per heavy atom. The molecule has 2 rings (SSSR count). The molecule has 3 amide bonds. The molecule has 1 saturated heterocycles. The number of imide groups is 1. The number of urea groups is 1. The highest BCUT2D eigenvalue weighted by molar-refractivity contribution is 6.01. The van der Waals surface area contributed by atoms with Gasteiger partial charge in [0.05, 0.1) is 6.54 Å². The van der Waals surface area contributed by atoms with Crippen LogP contribution in [0.3, 0.4) is 0 Å². The van der Waals surface area contributed by atoms with Crippen LogP contribution in [0.15, 0.2) is 0 Å². The monoisotopic (exact) mass is 168 g/mol. The van der Waals surface area contributed by atoms with E-state index in [1.54, 1.807) is 0 Å². The Labute approximate surface area is 70.9 Å². The molecular formula is C8H12N2O2. The van der Waals surface area contributed by atoms with Gasteiger partial charge in [-0.3, -0.25) is 9.69 Å². The summed E-state index contributed by atoms with van der Waals surface area (Å²) in [6.45, 7) is 0.791. The van der Waals surface area contributed by atoms with E-state index in [4.69, 9.17) is 0 Å². The summed E-state index contributed by atoms with van der Waals surface area (Å²) < 4.78 is 0. The summed E-state index contributed by atoms with van der Waals surface area (Å²) in [6, 6.07) is -0.222. The standard InChI is InChI=1S/C8H12N2O2/c11-7-5-9-8(12)10(7)4-3-6-1-2-6/h6H,1-5H2,(H,9,12). The van der Waals surface area contributed by atoms with E-state index in [0.29, 0.717) is 6.54 Å². The van der Waals surface area contributed by atoms with E-state index in [1.807, 2.05) is 0 Å². The molecule has 1 aliphatic heterocycles. The zero-order chi connectivity index (χ0) is 8.55. The lowest BCUT2D eigenvalue weighted by Crippen LogP contribution is -2.32. The maximum Gasteiger partial charge on any atom is 0.324 e. The summed E-state index contributed by atoms with van der Waals surface area (Å²) >= 11 is 0. The molecule has 1 saturated carbocycles. The van der Waals surface area contributed by atoms with Gasteiger partial charge in [0.15, 0.2) is 0 Å². The van der Waals surface area contributed by atoms with E-state index in [9.17, 15) is 9.59 Å². The van der Waals surface area contributed by atoms with Gasteiger partial charge in [0.2, 0.25) is 5.91 Å². The van der Waals surface area contributed by atoms with Crippen LogP contribution in [0.1, 0.15) is 19.3 Å². The lowest BCUT2D eigenvalue weighted by molar-refractivity contribution is -0.125. The molecule has 2 fully saturated rings. The Morgan fingerprint density at radius 1 is 1.42 bits per heavy atom. The fraction of sp³-hybridized carbons (Fsp3) is 0.750. The number of nitrogens with zero attached hydrogens (tertiary/aromatic N) is 1. The minimum atomic E-state index is -0.222. The first-order valence-corrected chi connectivity index (χ1v) is 4.35. The molecule has 0 spiro atoms. The fourth-order valence-corrected chi connectivity index (χ4v) is 1.40. The third-order valence-corrected chi connectivity index (χ3v) is 2.39. The molecule has 0 radical (unpaired) electrons. The Hall–Kier alpha value is -1.06. The summed E-state index contributed by atoms with van der Waals surface area (Å²) in [5, 5.41) is 2.50. The Morgan fingerprint density at radius 2 is 2.17 bits per heavy atom. The number of carbonyl (C=O) groups is 2. The zero-order valence-corrected chi connectivity index (χ0v) is 6.88. The molecule has 4 nitrogen and oxygen atoms in total. The van der Waals surface area contributed by atoms with Crippen molar-refractivity contribution in [1.82, 2.24) is 10.2 Å². The summed E-state index contributed by atoms with van der Waals surface area (Å²) in [4.78, 5) is 23.4. The largest absolute Gasteiger partial charge is 0.329 e. The van der Waals surface area contributed by atoms with Crippen molar-refractivity contribution in [2.24, 2.45) is 5.92 Å². The molecule has 0 aromatic heterocycles. The SMILES string of the molecule is O=C1CNC(=O)N1CCC1CC1. The number of carbonyl (C=O) groups excluding carboxylic acids is 2. The van der Waals surface area contributed by atoms with E-state index in [-0.39, 0.29) is 18.5 Å². The van der Waals surface area contributed by atoms with Gasteiger partial charge in [-0.1, -0.05) is 12.8 Å². The molecule has 12 heavy (non-hydrogen) atoms. The highest BCUT2D eigenvalue weighted by Gasteiger charge is 2.30. The molecule has 1 N–H and O–H groups in total. The van der Waals surface area contributed by atoms with Crippen LogP contribution < -0.4 is 5.32 Å². The maximum atomic E-state index is 11.1. The van der Waals surface area contributed by atoms with E-state index in [0.717, 1.165) is 12.3 Å². The van der Waals surface area contributed by atoms with Gasteiger partial charge in [-0.2, -0.15) is 0 Å². The minimum Gasteiger partial charge on any atom is -0.329 e. The smallest absolute Gasteiger partial charge is 0.324 e. The van der Waals surface area contributed by atoms with Gasteiger partial charge in [-0.25, -0.2) is 4.79 Å². The van der Waals surface area contributed by atoms with Gasteiger partial charge < -0.3 is 5.32 Å². The maximum absolute atomic E-state index is 11.1. The van der Waals surface area contributed by atoms with Crippen molar-refractivity contribution in [3.63, 3.8) is 0 Å². The topological polar surface area (TPSA) is 49.4 Å². The van der Waals surface area contributed by atoms with Crippen LogP contribution in [-0.4, -0.2) is 29.9 Å². The van der Waals surface area contributed by atoms with Crippen LogP contribution in [-0.2, 0) is 4.79 Å². The Kier molecular flexibility index (Phi) is 1.75. The molecule has 2 aliphatic rings. The van der Waals surface area contributed by atoms with E-state index in [1.165, 1.54) is 17.7 Å². The van der Waals surface area contributed by atoms with Crippen LogP contribution in [0.25, 0.3) is 0 Å². The molecule has 0 aromatic rings. The van der Waals surface area contributed by atoms with Crippen molar-refractivity contribution in [2.75, 3.05) is 13.1 Å². The van der Waals surface area contributed by atoms with Crippen LogP contribution in [0.2, 0.25) is 0 Å². The molecule has 0 unspecified atom stereocenters. The molecular weight excluding hydrogens is 156 g/mol. The van der Waals surface area contributed by atoms with E-state index >= 15 is 0 Å². The van der Waals surface area contributed by atoms with Gasteiger partial charge in [-0.15, -0.1) is 0 Å². The van der Waals surface area contributed by atoms with E-state index in [2.05, 4.69) is 5.32 Å². The van der Waals surface area contributed by atoms with Crippen LogP contribution >= 0.6 is 0 Å². The Balaban J connectivity index is 1.83. The predicted octanol–water partition coefficient (Wildman–Crippen LogP) is 0.338. The van der Waals surface area contributed by atoms with Crippen molar-refractivity contribution in [2.45, 2.75) is 19.3 Å². The van der Waals surface area contributed by atoms with Crippen molar-refractivity contribution in [1.29, 1.82) is 0 Å². The molecule has 4 heteroatoms. The predicted molar refractivity (Wildman–Crippen MR) is 42.5 cm³/mol. The number of nitrogens with one attached hydrogen (secondary N) is 1. The first kappa shape index (κ1) is 7.58. The zero-order valence-electron chi connectivity index (χ0n) is 6.88. The summed E-state index contributed by atoms with van der Waals surface area (Å²) in [6.07, 6.45) is 3.52. The summed E-state index contributed by atoms with van der Waals surface area (Å²) in [7, 11) is 0. The molecule has 0 aromatic carbocycles. The van der Waals surface area contributed by atoms with E-state index < -0.39 is 0 Å². The first-order chi connectivity index (χ1) is 5.77. The molecule has 0 atom stereocenters. The second-order valence-corrected chi connectivity index (χ2v) is 3.44. The lowest BCUT2D eigenvalue weighted by atomic mass is 10.3. The number of amides is 3. The highest BCUT2D eigenvalue weighted by atomic mass is 16.2. The van der Waals surface area contributed by atoms with Crippen LogP contribution in [0.4, 0.5) is 4.79 Å². The normalized spacial score (nSPS) is 23.2. The third kappa shape index (κ3) is 1.42. The van der Waals surface area contributed by atoms with Gasteiger partial charge in [0.25, 0.3) is 0 Å². The van der Waals surface area contributed by atoms with Crippen LogP contribution in [0.5, 0.6) is 0 Å². The van der Waals surface area contributed by atoms with Crippen molar-refractivity contribution in [3.05, 3.63) is 0 Å². The average molecular weight is 168 g/mol. The van der Waals surface area contributed by atoms with Gasteiger partial charge in [0.1, 0.15) is 0 Å². The third-order valence-electron chi connectivity index (χ3n) is 2.39. The van der Waals surface area contributed by atoms with Crippen molar-refractivity contribution < 1.29 is 9.59 Å². The number of hydrogen-bond acceptors (Lipinski definition) is 2. The number of rotatable bonds is 3. The van der Waals surface area contributed by atoms with Crippen molar-refractivity contribution in [3.8, 4) is 0 Å². The molecule has 66 valence electrons. The lowest BCUT2D eigenvalue weighted by Gasteiger charge is -2.10. The average Bonchev–Trinajstić information content (AvgIpc) is 2.80. The highest BCUT2D eigenvalue weighted by Crippen LogP contribution is 2.32. The van der Waals surface area contributed by atoms with Gasteiger partial charge in [-0.05, 0) is 12.3 Å². The molecule has 1 aliphatic carbocycles. The molecule has 1 heterocycles. The fourth-order valence-electron chi connectivity index (χ4n) is 1.40. The first-order valence-electron chi connectivity index (χ1n) is 4.35. The second kappa shape index (κ2) is 2.77. The summed E-state index contributed by atoms with van der Waals surface area (Å²) in [5.41, 5.74) is 0. The van der Waals surface area contributed by atoms with Crippen LogP contribution in [0, 0.1) is 5.92 Å². The minimum absolute atomic E-state index is 0.0827. The quantitative estimate of drug-likeness (QED) is 0.618.